The predicted molar refractivity (Wildman–Crippen MR) is 111 cm³/mol. The number of anilines is 1. The van der Waals surface area contributed by atoms with Crippen molar-refractivity contribution in [1.82, 2.24) is 15.3 Å². The number of nitrogens with zero attached hydrogens (tertiary/aromatic N) is 2. The highest BCUT2D eigenvalue weighted by molar-refractivity contribution is 6.07. The molecule has 0 aliphatic carbocycles. The van der Waals surface area contributed by atoms with Gasteiger partial charge in [0.25, 0.3) is 5.91 Å². The van der Waals surface area contributed by atoms with Crippen LogP contribution in [0.2, 0.25) is 0 Å². The second kappa shape index (κ2) is 8.24. The zero-order chi connectivity index (χ0) is 21.1. The molecule has 3 aromatic rings. The third-order valence-corrected chi connectivity index (χ3v) is 5.03. The van der Waals surface area contributed by atoms with Crippen LogP contribution in [-0.2, 0) is 9.59 Å². The van der Waals surface area contributed by atoms with Crippen LogP contribution in [0.25, 0.3) is 11.3 Å². The van der Waals surface area contributed by atoms with Crippen LogP contribution in [0.15, 0.2) is 72.8 Å². The van der Waals surface area contributed by atoms with Gasteiger partial charge in [0.1, 0.15) is 5.82 Å². The monoisotopic (exact) mass is 402 g/mol. The zero-order valence-electron chi connectivity index (χ0n) is 16.2. The molecular weight excluding hydrogens is 383 g/mol. The lowest BCUT2D eigenvalue weighted by Gasteiger charge is -2.24. The number of amides is 2. The molecule has 2 aromatic carbocycles. The molecule has 1 aromatic heterocycles. The van der Waals surface area contributed by atoms with Crippen molar-refractivity contribution in [2.45, 2.75) is 19.3 Å². The molecule has 0 radical (unpaired) electrons. The van der Waals surface area contributed by atoms with Crippen molar-refractivity contribution in [3.05, 3.63) is 89.8 Å². The van der Waals surface area contributed by atoms with E-state index in [1.54, 1.807) is 30.7 Å². The molecule has 2 heterocycles. The molecule has 2 amide bonds. The first-order valence-corrected chi connectivity index (χ1v) is 9.44. The maximum atomic E-state index is 13.3. The minimum Gasteiger partial charge on any atom is -0.332 e. The Hall–Kier alpha value is -3.87. The van der Waals surface area contributed by atoms with Crippen LogP contribution in [0.3, 0.4) is 0 Å². The Bertz CT molecular complexity index is 1130. The van der Waals surface area contributed by atoms with E-state index in [2.05, 4.69) is 20.6 Å². The van der Waals surface area contributed by atoms with E-state index in [-0.39, 0.29) is 24.1 Å². The van der Waals surface area contributed by atoms with Gasteiger partial charge in [0.2, 0.25) is 5.91 Å². The largest absolute Gasteiger partial charge is 0.332 e. The van der Waals surface area contributed by atoms with Gasteiger partial charge in [-0.05, 0) is 36.2 Å². The Balaban J connectivity index is 1.62. The molecule has 150 valence electrons. The molecule has 30 heavy (non-hydrogen) atoms. The Morgan fingerprint density at radius 3 is 2.70 bits per heavy atom. The quantitative estimate of drug-likeness (QED) is 0.697. The van der Waals surface area contributed by atoms with E-state index in [0.717, 1.165) is 11.1 Å². The van der Waals surface area contributed by atoms with Crippen LogP contribution >= 0.6 is 0 Å². The number of benzene rings is 2. The summed E-state index contributed by atoms with van der Waals surface area (Å²) in [6, 6.07) is 11.5. The predicted octanol–water partition coefficient (Wildman–Crippen LogP) is 3.72. The molecule has 1 aliphatic heterocycles. The van der Waals surface area contributed by atoms with Crippen molar-refractivity contribution in [1.29, 1.82) is 0 Å². The average Bonchev–Trinajstić information content (AvgIpc) is 2.76. The first kappa shape index (κ1) is 19.4. The molecule has 0 saturated carbocycles. The first-order chi connectivity index (χ1) is 14.5. The third kappa shape index (κ3) is 4.10. The summed E-state index contributed by atoms with van der Waals surface area (Å²) in [6.07, 6.45) is 6.40. The number of aromatic nitrogens is 2. The SMILES string of the molecule is Cc1ccc(-c2cnccn2)cc1NC(=O)C1=CNC(=O)CC1c1ccc(F)cc1. The lowest BCUT2D eigenvalue weighted by atomic mass is 9.86. The fraction of sp³-hybridized carbons (Fsp3) is 0.130. The van der Waals surface area contributed by atoms with Gasteiger partial charge in [0, 0.05) is 47.8 Å². The summed E-state index contributed by atoms with van der Waals surface area (Å²) in [7, 11) is 0. The molecule has 1 unspecified atom stereocenters. The lowest BCUT2D eigenvalue weighted by Crippen LogP contribution is -2.32. The number of hydrogen-bond acceptors (Lipinski definition) is 4. The maximum absolute atomic E-state index is 13.3. The van der Waals surface area contributed by atoms with Crippen LogP contribution in [0.4, 0.5) is 10.1 Å². The van der Waals surface area contributed by atoms with Crippen molar-refractivity contribution in [3.63, 3.8) is 0 Å². The van der Waals surface area contributed by atoms with Crippen molar-refractivity contribution in [2.24, 2.45) is 0 Å². The summed E-state index contributed by atoms with van der Waals surface area (Å²) in [6.45, 7) is 1.89. The van der Waals surface area contributed by atoms with Gasteiger partial charge in [-0.25, -0.2) is 4.39 Å². The summed E-state index contributed by atoms with van der Waals surface area (Å²) in [4.78, 5) is 33.4. The van der Waals surface area contributed by atoms with Crippen LogP contribution < -0.4 is 10.6 Å². The van der Waals surface area contributed by atoms with Crippen molar-refractivity contribution in [2.75, 3.05) is 5.32 Å². The lowest BCUT2D eigenvalue weighted by molar-refractivity contribution is -0.121. The highest BCUT2D eigenvalue weighted by Crippen LogP contribution is 2.32. The second-order valence-corrected chi connectivity index (χ2v) is 7.05. The number of carbonyl (C=O) groups is 2. The van der Waals surface area contributed by atoms with Gasteiger partial charge in [-0.1, -0.05) is 24.3 Å². The number of carbonyl (C=O) groups excluding carboxylic acids is 2. The van der Waals surface area contributed by atoms with Crippen molar-refractivity contribution >= 4 is 17.5 Å². The standard InChI is InChI=1S/C23H19FN4O2/c1-14-2-3-16(21-13-25-8-9-26-21)10-20(14)28-23(30)19-12-27-22(29)11-18(19)15-4-6-17(24)7-5-15/h2-10,12-13,18H,11H2,1H3,(H,27,29)(H,28,30). The molecule has 1 aliphatic rings. The van der Waals surface area contributed by atoms with Crippen molar-refractivity contribution in [3.8, 4) is 11.3 Å². The summed E-state index contributed by atoms with van der Waals surface area (Å²) >= 11 is 0. The van der Waals surface area contributed by atoms with Gasteiger partial charge >= 0.3 is 0 Å². The first-order valence-electron chi connectivity index (χ1n) is 9.44. The average molecular weight is 402 g/mol. The summed E-state index contributed by atoms with van der Waals surface area (Å²) in [5.74, 6) is -1.35. The molecule has 0 spiro atoms. The summed E-state index contributed by atoms with van der Waals surface area (Å²) < 4.78 is 13.3. The second-order valence-electron chi connectivity index (χ2n) is 7.05. The molecule has 2 N–H and O–H groups in total. The maximum Gasteiger partial charge on any atom is 0.253 e. The smallest absolute Gasteiger partial charge is 0.253 e. The summed E-state index contributed by atoms with van der Waals surface area (Å²) in [5.41, 5.74) is 4.16. The zero-order valence-corrected chi connectivity index (χ0v) is 16.2. The van der Waals surface area contributed by atoms with Crippen molar-refractivity contribution < 1.29 is 14.0 Å². The van der Waals surface area contributed by atoms with E-state index in [4.69, 9.17) is 0 Å². The molecule has 0 bridgehead atoms. The van der Waals surface area contributed by atoms with Crippen LogP contribution in [0.5, 0.6) is 0 Å². The fourth-order valence-electron chi connectivity index (χ4n) is 3.39. The van der Waals surface area contributed by atoms with Gasteiger partial charge in [-0.3, -0.25) is 19.6 Å². The highest BCUT2D eigenvalue weighted by Gasteiger charge is 2.29. The Labute approximate surface area is 172 Å². The normalized spacial score (nSPS) is 15.9. The van der Waals surface area contributed by atoms with E-state index < -0.39 is 5.92 Å². The van der Waals surface area contributed by atoms with Gasteiger partial charge in [-0.15, -0.1) is 0 Å². The summed E-state index contributed by atoms with van der Waals surface area (Å²) in [5, 5.41) is 5.54. The Kier molecular flexibility index (Phi) is 5.34. The molecule has 4 rings (SSSR count). The molecule has 0 saturated heterocycles. The van der Waals surface area contributed by atoms with E-state index in [0.29, 0.717) is 22.5 Å². The minimum atomic E-state index is -0.456. The molecule has 7 heteroatoms. The number of aryl methyl sites for hydroxylation is 1. The van der Waals surface area contributed by atoms with E-state index in [9.17, 15) is 14.0 Å². The van der Waals surface area contributed by atoms with Crippen LogP contribution in [-0.4, -0.2) is 21.8 Å². The molecular formula is C23H19FN4O2. The van der Waals surface area contributed by atoms with Crippen LogP contribution in [0.1, 0.15) is 23.5 Å². The number of halogens is 1. The van der Waals surface area contributed by atoms with Gasteiger partial charge in [-0.2, -0.15) is 0 Å². The Morgan fingerprint density at radius 1 is 1.17 bits per heavy atom. The van der Waals surface area contributed by atoms with Crippen LogP contribution in [0, 0.1) is 12.7 Å². The van der Waals surface area contributed by atoms with E-state index in [1.165, 1.54) is 18.3 Å². The highest BCUT2D eigenvalue weighted by atomic mass is 19.1. The topological polar surface area (TPSA) is 84.0 Å². The number of hydrogen-bond donors (Lipinski definition) is 2. The minimum absolute atomic E-state index is 0.115. The van der Waals surface area contributed by atoms with E-state index in [1.807, 2.05) is 25.1 Å². The molecule has 0 fully saturated rings. The molecule has 1 atom stereocenters. The van der Waals surface area contributed by atoms with Gasteiger partial charge < -0.3 is 10.6 Å². The molecule has 6 nitrogen and oxygen atoms in total. The van der Waals surface area contributed by atoms with Gasteiger partial charge in [0.05, 0.1) is 11.9 Å². The number of nitrogens with one attached hydrogen (secondary N) is 2. The fourth-order valence-corrected chi connectivity index (χ4v) is 3.39. The number of rotatable bonds is 4. The Morgan fingerprint density at radius 2 is 1.97 bits per heavy atom. The third-order valence-electron chi connectivity index (χ3n) is 5.03. The van der Waals surface area contributed by atoms with Gasteiger partial charge in [0.15, 0.2) is 0 Å². The van der Waals surface area contributed by atoms with E-state index >= 15 is 0 Å².